The van der Waals surface area contributed by atoms with E-state index in [4.69, 9.17) is 0 Å². The van der Waals surface area contributed by atoms with E-state index in [1.807, 2.05) is 0 Å². The van der Waals surface area contributed by atoms with Crippen LogP contribution < -0.4 is 0 Å². The number of fused-ring (bicyclic) bond motifs is 2. The first-order valence-electron chi connectivity index (χ1n) is 24.1. The minimum Gasteiger partial charge on any atom is -0.203 e. The molecule has 0 N–H and O–H groups in total. The molecule has 0 saturated heterocycles. The van der Waals surface area contributed by atoms with E-state index < -0.39 is 252 Å². The van der Waals surface area contributed by atoms with Crippen LogP contribution >= 0.6 is 0 Å². The van der Waals surface area contributed by atoms with Gasteiger partial charge in [-0.05, 0) is 57.7 Å². The molecule has 0 spiro atoms. The Kier molecular flexibility index (Phi) is 15.6. The average Bonchev–Trinajstić information content (AvgIpc) is 1.50. The third-order valence-electron chi connectivity index (χ3n) is 14.9. The largest absolute Gasteiger partial charge is 0.416 e. The smallest absolute Gasteiger partial charge is 0.203 e. The van der Waals surface area contributed by atoms with Crippen molar-refractivity contribution in [2.75, 3.05) is 0 Å². The van der Waals surface area contributed by atoms with Gasteiger partial charge in [0, 0.05) is 57.1 Å². The summed E-state index contributed by atoms with van der Waals surface area (Å²) in [5, 5.41) is 83.6. The molecule has 0 aromatic heterocycles. The quantitative estimate of drug-likeness (QED) is 0.106. The molecule has 2 aliphatic carbocycles. The van der Waals surface area contributed by atoms with E-state index in [0.29, 0.717) is 24.3 Å². The lowest BCUT2D eigenvalue weighted by atomic mass is 9.68. The summed E-state index contributed by atoms with van der Waals surface area (Å²) >= 11 is 0. The highest BCUT2D eigenvalue weighted by Gasteiger charge is 2.54. The first kappa shape index (κ1) is 62.9. The fourth-order valence-corrected chi connectivity index (χ4v) is 11.3. The van der Waals surface area contributed by atoms with Crippen molar-refractivity contribution in [2.45, 2.75) is 36.0 Å². The monoisotopic (exact) mass is 1260 g/mol. The van der Waals surface area contributed by atoms with Gasteiger partial charge in [0.05, 0.1) is 39.5 Å². The summed E-state index contributed by atoms with van der Waals surface area (Å²) in [6.45, 7) is 0. The second kappa shape index (κ2) is 22.3. The van der Waals surface area contributed by atoms with Crippen molar-refractivity contribution in [3.8, 4) is 48.6 Å². The van der Waals surface area contributed by atoms with Crippen molar-refractivity contribution >= 4 is 22.3 Å². The zero-order chi connectivity index (χ0) is 66.6. The molecule has 0 aliphatic heterocycles. The lowest BCUT2D eigenvalue weighted by Gasteiger charge is -2.33. The van der Waals surface area contributed by atoms with Crippen molar-refractivity contribution in [3.63, 3.8) is 0 Å². The Morgan fingerprint density at radius 1 is 0.278 bits per heavy atom. The normalized spacial score (nSPS) is 14.4. The molecular formula is C60H12F22N8. The zero-order valence-electron chi connectivity index (χ0n) is 42.8. The molecule has 2 atom stereocenters. The Morgan fingerprint density at radius 2 is 0.489 bits per heavy atom. The second-order valence-electron chi connectivity index (χ2n) is 19.0. The highest BCUT2D eigenvalue weighted by molar-refractivity contribution is 6.13. The molecule has 7 aromatic carbocycles. The number of rotatable bonds is 8. The van der Waals surface area contributed by atoms with E-state index in [1.165, 1.54) is 24.3 Å². The Hall–Kier alpha value is -11.6. The maximum absolute atomic E-state index is 17.1. The molecule has 0 fully saturated rings. The van der Waals surface area contributed by atoms with Crippen molar-refractivity contribution in [1.29, 1.82) is 42.1 Å². The molecular weight excluding hydrogens is 1250 g/mol. The van der Waals surface area contributed by atoms with Gasteiger partial charge in [-0.1, -0.05) is 24.3 Å². The summed E-state index contributed by atoms with van der Waals surface area (Å²) in [5.74, 6) is -62.0. The molecule has 8 nitrogen and oxygen atoms in total. The summed E-state index contributed by atoms with van der Waals surface area (Å²) in [5.41, 5.74) is -40.7. The predicted octanol–water partition coefficient (Wildman–Crippen LogP) is 15.9. The van der Waals surface area contributed by atoms with E-state index in [0.717, 1.165) is 0 Å². The van der Waals surface area contributed by atoms with E-state index in [-0.39, 0.29) is 48.5 Å². The molecule has 2 unspecified atom stereocenters. The number of nitrogens with zero attached hydrogens (tertiary/aromatic N) is 8. The van der Waals surface area contributed by atoms with Gasteiger partial charge in [0.2, 0.25) is 0 Å². The molecule has 30 heteroatoms. The van der Waals surface area contributed by atoms with Gasteiger partial charge in [0.1, 0.15) is 64.7 Å². The summed E-state index contributed by atoms with van der Waals surface area (Å²) in [4.78, 5) is 0. The van der Waals surface area contributed by atoms with Crippen LogP contribution in [0.15, 0.2) is 48.5 Å². The molecule has 0 heterocycles. The molecule has 0 amide bonds. The Labute approximate surface area is 486 Å². The summed E-state index contributed by atoms with van der Waals surface area (Å²) in [7, 11) is 0. The van der Waals surface area contributed by atoms with Crippen molar-refractivity contribution in [3.05, 3.63) is 242 Å². The number of allylic oxidation sites excluding steroid dienone is 4. The highest BCUT2D eigenvalue weighted by atomic mass is 19.4. The van der Waals surface area contributed by atoms with E-state index in [9.17, 15) is 68.4 Å². The third-order valence-corrected chi connectivity index (χ3v) is 14.9. The zero-order valence-corrected chi connectivity index (χ0v) is 42.8. The van der Waals surface area contributed by atoms with Gasteiger partial charge in [-0.15, -0.1) is 0 Å². The first-order chi connectivity index (χ1) is 42.3. The first-order valence-corrected chi connectivity index (χ1v) is 24.1. The van der Waals surface area contributed by atoms with E-state index in [2.05, 4.69) is 0 Å². The van der Waals surface area contributed by atoms with Gasteiger partial charge in [-0.2, -0.15) is 68.4 Å². The van der Waals surface area contributed by atoms with Crippen molar-refractivity contribution in [1.82, 2.24) is 0 Å². The highest BCUT2D eigenvalue weighted by Crippen LogP contribution is 2.65. The fraction of sp³-hybridized carbons (Fsp3) is 0.100. The van der Waals surface area contributed by atoms with Crippen molar-refractivity contribution in [2.24, 2.45) is 0 Å². The molecule has 2 aliphatic rings. The number of hydrogen-bond acceptors (Lipinski definition) is 8. The maximum atomic E-state index is 17.1. The molecule has 90 heavy (non-hydrogen) atoms. The third kappa shape index (κ3) is 8.94. The van der Waals surface area contributed by atoms with Gasteiger partial charge in [0.15, 0.2) is 93.1 Å². The molecule has 0 radical (unpaired) electrons. The van der Waals surface area contributed by atoms with Crippen molar-refractivity contribution < 1.29 is 96.6 Å². The molecule has 7 aromatic rings. The minimum absolute atomic E-state index is 0.0958. The summed E-state index contributed by atoms with van der Waals surface area (Å²) < 4.78 is 352. The van der Waals surface area contributed by atoms with Crippen LogP contribution in [0.5, 0.6) is 0 Å². The molecule has 0 bridgehead atoms. The SMILES string of the molecule is N#CC1=C(c2ccc(C(F)(F)F)cc2)C(C(c2c(F)c(F)c(C#N)c(F)c2F)c2c(F)c(F)c(C#N)c(F)c2F)c2c(C#N)c3c(c(C#N)c21)C(C#N)=C(c1ccc(C(F)(F)F)cc1)C3C(c1c(F)c(F)c(C#N)c(F)c1F)c1c(F)c(F)c(C#N)c(F)c1F. The number of hydrogen-bond donors (Lipinski definition) is 0. The van der Waals surface area contributed by atoms with E-state index in [1.54, 1.807) is 0 Å². The Balaban J connectivity index is 1.64. The fourth-order valence-electron chi connectivity index (χ4n) is 11.3. The van der Waals surface area contributed by atoms with Crippen LogP contribution in [0.2, 0.25) is 0 Å². The van der Waals surface area contributed by atoms with Crippen LogP contribution in [0.3, 0.4) is 0 Å². The lowest BCUT2D eigenvalue weighted by molar-refractivity contribution is -0.138. The lowest BCUT2D eigenvalue weighted by Crippen LogP contribution is -2.25. The Morgan fingerprint density at radius 3 is 0.667 bits per heavy atom. The standard InChI is InChI=1S/C60H12F22N8/c61-43-25(13-87)44(62)52(70)39(51(43)69)37(40-53(71)45(63)26(14-88)46(64)54(40)72)35-29(17-1-5-19(6-2-17)59(77,78)79)21(9-83)31-23(11-85)32-22(10-84)30(18-3-7-20(8-4-18)60(80,81)82)36(34(32)24(12-86)33(31)35)38(41-55(73)47(65)27(15-89)48(66)56(41)74)42-57(75)49(67)28(16-90)50(68)58(42)76/h1-8,35-38H. The molecule has 0 saturated carbocycles. The average molecular weight is 1260 g/mol. The summed E-state index contributed by atoms with van der Waals surface area (Å²) in [6.07, 6.45) is -10.7. The van der Waals surface area contributed by atoms with Gasteiger partial charge in [-0.3, -0.25) is 0 Å². The van der Waals surface area contributed by atoms with Gasteiger partial charge >= 0.3 is 12.4 Å². The Bertz CT molecular complexity index is 4300. The molecule has 446 valence electrons. The summed E-state index contributed by atoms with van der Waals surface area (Å²) in [6, 6.07) is 9.37. The van der Waals surface area contributed by atoms with Crippen LogP contribution in [-0.2, 0) is 12.4 Å². The van der Waals surface area contributed by atoms with Crippen LogP contribution in [0.4, 0.5) is 96.6 Å². The van der Waals surface area contributed by atoms with Gasteiger partial charge in [0.25, 0.3) is 0 Å². The van der Waals surface area contributed by atoms with E-state index >= 15 is 70.2 Å². The number of alkyl halides is 6. The van der Waals surface area contributed by atoms with Gasteiger partial charge < -0.3 is 0 Å². The number of nitriles is 8. The van der Waals surface area contributed by atoms with Crippen LogP contribution in [0.1, 0.15) is 124 Å². The van der Waals surface area contributed by atoms with Gasteiger partial charge in [-0.25, -0.2) is 70.2 Å². The number of benzene rings is 7. The molecule has 9 rings (SSSR count). The predicted molar refractivity (Wildman–Crippen MR) is 257 cm³/mol. The number of halogens is 22. The minimum atomic E-state index is -5.36. The van der Waals surface area contributed by atoms with Crippen LogP contribution in [-0.4, -0.2) is 0 Å². The second-order valence-corrected chi connectivity index (χ2v) is 19.0. The van der Waals surface area contributed by atoms with Crippen LogP contribution in [0, 0.1) is 184 Å². The van der Waals surface area contributed by atoms with Crippen LogP contribution in [0.25, 0.3) is 22.3 Å². The topological polar surface area (TPSA) is 190 Å². The maximum Gasteiger partial charge on any atom is 0.416 e.